The van der Waals surface area contributed by atoms with Crippen LogP contribution in [0.4, 0.5) is 11.4 Å². The number of pyridine rings is 1. The van der Waals surface area contributed by atoms with Gasteiger partial charge in [0.25, 0.3) is 5.91 Å². The third-order valence-corrected chi connectivity index (χ3v) is 3.79. The van der Waals surface area contributed by atoms with Crippen molar-refractivity contribution in [3.05, 3.63) is 53.9 Å². The van der Waals surface area contributed by atoms with E-state index in [1.807, 2.05) is 0 Å². The molecule has 9 nitrogen and oxygen atoms in total. The van der Waals surface area contributed by atoms with Gasteiger partial charge in [-0.2, -0.15) is 0 Å². The second-order valence-corrected chi connectivity index (χ2v) is 5.55. The molecule has 1 aliphatic heterocycles. The van der Waals surface area contributed by atoms with Crippen LogP contribution in [0.1, 0.15) is 20.8 Å². The van der Waals surface area contributed by atoms with Crippen molar-refractivity contribution >= 4 is 35.1 Å². The molecule has 0 atom stereocenters. The van der Waals surface area contributed by atoms with Crippen molar-refractivity contribution in [2.24, 2.45) is 0 Å². The van der Waals surface area contributed by atoms with Crippen LogP contribution in [0.25, 0.3) is 0 Å². The van der Waals surface area contributed by atoms with Gasteiger partial charge in [-0.1, -0.05) is 12.1 Å². The molecule has 0 bridgehead atoms. The molecule has 0 aliphatic carbocycles. The number of esters is 2. The number of nitrogens with zero attached hydrogens (tertiary/aromatic N) is 2. The summed E-state index contributed by atoms with van der Waals surface area (Å²) in [6, 6.07) is 9.48. The highest BCUT2D eigenvalue weighted by Gasteiger charge is 2.27. The average Bonchev–Trinajstić information content (AvgIpc) is 2.70. The molecule has 0 radical (unpaired) electrons. The van der Waals surface area contributed by atoms with Crippen LogP contribution in [-0.2, 0) is 19.1 Å². The Morgan fingerprint density at radius 2 is 1.93 bits per heavy atom. The molecular weight excluding hydrogens is 354 g/mol. The Morgan fingerprint density at radius 3 is 2.63 bits per heavy atom. The SMILES string of the molecule is COC(=O)c1ccc(C(=O)OCC(=O)N2CC(=O)Nc3ccccc32)nc1. The fourth-order valence-corrected chi connectivity index (χ4v) is 2.49. The lowest BCUT2D eigenvalue weighted by atomic mass is 10.2. The normalized spacial score (nSPS) is 12.6. The Kier molecular flexibility index (Phi) is 5.11. The molecule has 3 rings (SSSR count). The van der Waals surface area contributed by atoms with Crippen molar-refractivity contribution in [2.75, 3.05) is 30.5 Å². The predicted octanol–water partition coefficient (Wildman–Crippen LogP) is 1.01. The number of carbonyl (C=O) groups is 4. The number of hydrogen-bond acceptors (Lipinski definition) is 7. The zero-order chi connectivity index (χ0) is 19.4. The fourth-order valence-electron chi connectivity index (χ4n) is 2.49. The highest BCUT2D eigenvalue weighted by atomic mass is 16.5. The predicted molar refractivity (Wildman–Crippen MR) is 93.3 cm³/mol. The van der Waals surface area contributed by atoms with E-state index in [0.29, 0.717) is 11.4 Å². The van der Waals surface area contributed by atoms with E-state index in [1.54, 1.807) is 24.3 Å². The number of methoxy groups -OCH3 is 1. The number of amides is 2. The van der Waals surface area contributed by atoms with Crippen LogP contribution < -0.4 is 10.2 Å². The van der Waals surface area contributed by atoms with E-state index in [0.717, 1.165) is 0 Å². The standard InChI is InChI=1S/C18H15N3O6/c1-26-17(24)11-6-7-13(19-8-11)18(25)27-10-16(23)21-9-15(22)20-12-4-2-3-5-14(12)21/h2-8H,9-10H2,1H3,(H,20,22). The Morgan fingerprint density at radius 1 is 1.15 bits per heavy atom. The molecule has 2 aromatic rings. The molecule has 0 saturated carbocycles. The number of nitrogens with one attached hydrogen (secondary N) is 1. The Labute approximate surface area is 153 Å². The van der Waals surface area contributed by atoms with Gasteiger partial charge < -0.3 is 14.8 Å². The Hall–Kier alpha value is -3.75. The fraction of sp³-hybridized carbons (Fsp3) is 0.167. The molecule has 9 heteroatoms. The Balaban J connectivity index is 1.65. The number of carbonyl (C=O) groups excluding carboxylic acids is 4. The van der Waals surface area contributed by atoms with Crippen LogP contribution in [0.5, 0.6) is 0 Å². The number of hydrogen-bond donors (Lipinski definition) is 1. The van der Waals surface area contributed by atoms with Crippen molar-refractivity contribution in [3.8, 4) is 0 Å². The molecule has 138 valence electrons. The monoisotopic (exact) mass is 369 g/mol. The maximum Gasteiger partial charge on any atom is 0.357 e. The van der Waals surface area contributed by atoms with Gasteiger partial charge in [0.1, 0.15) is 12.2 Å². The van der Waals surface area contributed by atoms with Crippen molar-refractivity contribution in [1.29, 1.82) is 0 Å². The van der Waals surface area contributed by atoms with Gasteiger partial charge in [0.2, 0.25) is 5.91 Å². The van der Waals surface area contributed by atoms with Crippen molar-refractivity contribution < 1.29 is 28.7 Å². The number of benzene rings is 1. The summed E-state index contributed by atoms with van der Waals surface area (Å²) in [6.07, 6.45) is 1.18. The van der Waals surface area contributed by atoms with Crippen LogP contribution in [0.2, 0.25) is 0 Å². The van der Waals surface area contributed by atoms with Crippen molar-refractivity contribution in [2.45, 2.75) is 0 Å². The van der Waals surface area contributed by atoms with E-state index in [-0.39, 0.29) is 23.7 Å². The van der Waals surface area contributed by atoms with Gasteiger partial charge in [-0.25, -0.2) is 14.6 Å². The van der Waals surface area contributed by atoms with Gasteiger partial charge in [-0.15, -0.1) is 0 Å². The van der Waals surface area contributed by atoms with Gasteiger partial charge in [-0.05, 0) is 24.3 Å². The van der Waals surface area contributed by atoms with Gasteiger partial charge >= 0.3 is 11.9 Å². The summed E-state index contributed by atoms with van der Waals surface area (Å²) in [5.41, 5.74) is 1.15. The third kappa shape index (κ3) is 3.92. The molecule has 0 unspecified atom stereocenters. The number of para-hydroxylation sites is 2. The number of anilines is 2. The smallest absolute Gasteiger partial charge is 0.357 e. The van der Waals surface area contributed by atoms with Crippen LogP contribution in [-0.4, -0.2) is 49.0 Å². The molecule has 0 spiro atoms. The average molecular weight is 369 g/mol. The molecule has 2 amide bonds. The third-order valence-electron chi connectivity index (χ3n) is 3.79. The molecule has 0 fully saturated rings. The number of fused-ring (bicyclic) bond motifs is 1. The minimum absolute atomic E-state index is 0.0627. The largest absolute Gasteiger partial charge is 0.465 e. The molecular formula is C18H15N3O6. The molecule has 2 heterocycles. The first-order chi connectivity index (χ1) is 13.0. The van der Waals surface area contributed by atoms with Crippen LogP contribution in [0.15, 0.2) is 42.6 Å². The first kappa shape index (κ1) is 18.1. The highest BCUT2D eigenvalue weighted by Crippen LogP contribution is 2.28. The molecule has 1 aromatic carbocycles. The quantitative estimate of drug-likeness (QED) is 0.800. The second kappa shape index (κ2) is 7.65. The van der Waals surface area contributed by atoms with Crippen molar-refractivity contribution in [1.82, 2.24) is 4.98 Å². The maximum atomic E-state index is 12.4. The molecule has 1 aromatic heterocycles. The topological polar surface area (TPSA) is 115 Å². The van der Waals surface area contributed by atoms with E-state index in [2.05, 4.69) is 15.0 Å². The first-order valence-electron chi connectivity index (χ1n) is 7.90. The van der Waals surface area contributed by atoms with E-state index >= 15 is 0 Å². The van der Waals surface area contributed by atoms with Gasteiger partial charge in [0.05, 0.1) is 24.0 Å². The van der Waals surface area contributed by atoms with Gasteiger partial charge in [0.15, 0.2) is 6.61 Å². The van der Waals surface area contributed by atoms with Crippen molar-refractivity contribution in [3.63, 3.8) is 0 Å². The summed E-state index contributed by atoms with van der Waals surface area (Å²) in [7, 11) is 1.23. The second-order valence-electron chi connectivity index (χ2n) is 5.55. The summed E-state index contributed by atoms with van der Waals surface area (Å²) in [5, 5.41) is 2.67. The summed E-state index contributed by atoms with van der Waals surface area (Å²) < 4.78 is 9.52. The van der Waals surface area contributed by atoms with Crippen LogP contribution in [0, 0.1) is 0 Å². The Bertz CT molecular complexity index is 910. The zero-order valence-corrected chi connectivity index (χ0v) is 14.3. The minimum Gasteiger partial charge on any atom is -0.465 e. The molecule has 1 N–H and O–H groups in total. The molecule has 1 aliphatic rings. The van der Waals surface area contributed by atoms with Gasteiger partial charge in [-0.3, -0.25) is 14.5 Å². The lowest BCUT2D eigenvalue weighted by Gasteiger charge is -2.28. The first-order valence-corrected chi connectivity index (χ1v) is 7.90. The lowest BCUT2D eigenvalue weighted by molar-refractivity contribution is -0.124. The number of ether oxygens (including phenoxy) is 2. The summed E-state index contributed by atoms with van der Waals surface area (Å²) >= 11 is 0. The summed E-state index contributed by atoms with van der Waals surface area (Å²) in [6.45, 7) is -0.722. The number of rotatable bonds is 4. The molecule has 0 saturated heterocycles. The van der Waals surface area contributed by atoms with Crippen LogP contribution >= 0.6 is 0 Å². The highest BCUT2D eigenvalue weighted by molar-refractivity contribution is 6.10. The van der Waals surface area contributed by atoms with E-state index in [4.69, 9.17) is 4.74 Å². The summed E-state index contributed by atoms with van der Waals surface area (Å²) in [4.78, 5) is 52.6. The minimum atomic E-state index is -0.825. The van der Waals surface area contributed by atoms with E-state index < -0.39 is 24.5 Å². The summed E-state index contributed by atoms with van der Waals surface area (Å²) in [5.74, 6) is -2.29. The lowest BCUT2D eigenvalue weighted by Crippen LogP contribution is -2.44. The van der Waals surface area contributed by atoms with E-state index in [9.17, 15) is 19.2 Å². The molecule has 27 heavy (non-hydrogen) atoms. The number of aromatic nitrogens is 1. The van der Waals surface area contributed by atoms with Crippen LogP contribution in [0.3, 0.4) is 0 Å². The van der Waals surface area contributed by atoms with E-state index in [1.165, 1.54) is 30.3 Å². The zero-order valence-electron chi connectivity index (χ0n) is 14.3. The maximum absolute atomic E-state index is 12.4. The van der Waals surface area contributed by atoms with Gasteiger partial charge in [0, 0.05) is 6.20 Å².